The van der Waals surface area contributed by atoms with Gasteiger partial charge in [-0.15, -0.1) is 0 Å². The molecule has 0 unspecified atom stereocenters. The third-order valence-electron chi connectivity index (χ3n) is 4.12. The fourth-order valence-electron chi connectivity index (χ4n) is 2.68. The van der Waals surface area contributed by atoms with Crippen LogP contribution in [-0.4, -0.2) is 38.1 Å². The summed E-state index contributed by atoms with van der Waals surface area (Å²) in [4.78, 5) is 17.3. The zero-order valence-electron chi connectivity index (χ0n) is 16.2. The van der Waals surface area contributed by atoms with E-state index >= 15 is 0 Å². The Balaban J connectivity index is 1.95. The van der Waals surface area contributed by atoms with Gasteiger partial charge in [0.05, 0.1) is 12.8 Å². The first-order valence-electron chi connectivity index (χ1n) is 9.13. The second kappa shape index (κ2) is 11.1. The van der Waals surface area contributed by atoms with E-state index in [-0.39, 0.29) is 5.97 Å². The summed E-state index contributed by atoms with van der Waals surface area (Å²) in [6.07, 6.45) is 0.665. The molecule has 0 spiro atoms. The Hall–Kier alpha value is -2.66. The number of benzene rings is 2. The van der Waals surface area contributed by atoms with Crippen LogP contribution in [0.1, 0.15) is 30.5 Å². The van der Waals surface area contributed by atoms with Crippen LogP contribution < -0.4 is 0 Å². The topological polar surface area (TPSA) is 57.1 Å². The number of hydrogen-bond acceptors (Lipinski definition) is 5. The van der Waals surface area contributed by atoms with Gasteiger partial charge in [-0.3, -0.25) is 0 Å². The molecule has 0 radical (unpaired) electrons. The number of ether oxygens (including phenoxy) is 2. The molecule has 0 aliphatic heterocycles. The van der Waals surface area contributed by atoms with E-state index in [4.69, 9.17) is 14.3 Å². The molecule has 0 aliphatic carbocycles. The van der Waals surface area contributed by atoms with Gasteiger partial charge < -0.3 is 14.3 Å². The van der Waals surface area contributed by atoms with Crippen LogP contribution in [0.4, 0.5) is 0 Å². The predicted molar refractivity (Wildman–Crippen MR) is 106 cm³/mol. The second-order valence-electron chi connectivity index (χ2n) is 6.12. The average Bonchev–Trinajstić information content (AvgIpc) is 2.71. The fourth-order valence-corrected chi connectivity index (χ4v) is 2.68. The second-order valence-corrected chi connectivity index (χ2v) is 6.12. The number of hydrogen-bond donors (Lipinski definition) is 0. The summed E-state index contributed by atoms with van der Waals surface area (Å²) < 4.78 is 10.3. The van der Waals surface area contributed by atoms with Crippen LogP contribution in [0.3, 0.4) is 0 Å². The molecule has 2 aromatic carbocycles. The number of oxime groups is 1. The van der Waals surface area contributed by atoms with Crippen molar-refractivity contribution < 1.29 is 19.1 Å². The maximum atomic E-state index is 11.8. The van der Waals surface area contributed by atoms with Crippen molar-refractivity contribution in [2.75, 3.05) is 20.3 Å². The number of esters is 1. The summed E-state index contributed by atoms with van der Waals surface area (Å²) in [7, 11) is 1.37. The molecule has 1 atom stereocenters. The van der Waals surface area contributed by atoms with Gasteiger partial charge in [-0.05, 0) is 36.6 Å². The van der Waals surface area contributed by atoms with Crippen LogP contribution in [0.15, 0.2) is 59.8 Å². The van der Waals surface area contributed by atoms with Gasteiger partial charge >= 0.3 is 5.97 Å². The first-order chi connectivity index (χ1) is 13.1. The van der Waals surface area contributed by atoms with E-state index in [0.29, 0.717) is 19.6 Å². The van der Waals surface area contributed by atoms with Gasteiger partial charge in [-0.1, -0.05) is 53.7 Å². The number of carbonyl (C=O) groups is 1. The molecular formula is C22H27NO4. The minimum atomic E-state index is -0.602. The van der Waals surface area contributed by atoms with E-state index in [1.165, 1.54) is 12.7 Å². The average molecular weight is 369 g/mol. The molecule has 27 heavy (non-hydrogen) atoms. The molecule has 2 rings (SSSR count). The normalized spacial score (nSPS) is 12.5. The summed E-state index contributed by atoms with van der Waals surface area (Å²) in [5, 5.41) is 4.21. The van der Waals surface area contributed by atoms with E-state index in [0.717, 1.165) is 23.3 Å². The van der Waals surface area contributed by atoms with E-state index in [1.54, 1.807) is 0 Å². The van der Waals surface area contributed by atoms with Crippen molar-refractivity contribution in [2.24, 2.45) is 5.16 Å². The van der Waals surface area contributed by atoms with Crippen molar-refractivity contribution >= 4 is 11.7 Å². The third-order valence-corrected chi connectivity index (χ3v) is 4.12. The number of carbonyl (C=O) groups excluding carboxylic acids is 1. The van der Waals surface area contributed by atoms with Crippen LogP contribution >= 0.6 is 0 Å². The molecule has 144 valence electrons. The quantitative estimate of drug-likeness (QED) is 0.277. The summed E-state index contributed by atoms with van der Waals surface area (Å²) in [5.74, 6) is -0.364. The first kappa shape index (κ1) is 20.6. The summed E-state index contributed by atoms with van der Waals surface area (Å²) in [6.45, 7) is 4.74. The fraction of sp³-hybridized carbons (Fsp3) is 0.364. The van der Waals surface area contributed by atoms with Gasteiger partial charge in [0.15, 0.2) is 6.10 Å². The Morgan fingerprint density at radius 2 is 1.81 bits per heavy atom. The maximum Gasteiger partial charge on any atom is 0.335 e. The lowest BCUT2D eigenvalue weighted by atomic mass is 10.0. The zero-order chi connectivity index (χ0) is 19.5. The highest BCUT2D eigenvalue weighted by molar-refractivity contribution is 5.98. The minimum Gasteiger partial charge on any atom is -0.467 e. The number of methoxy groups -OCH3 is 1. The lowest BCUT2D eigenvalue weighted by Crippen LogP contribution is -2.28. The lowest BCUT2D eigenvalue weighted by molar-refractivity contribution is -0.153. The molecule has 0 amide bonds. The smallest absolute Gasteiger partial charge is 0.335 e. The van der Waals surface area contributed by atoms with Crippen molar-refractivity contribution in [3.8, 4) is 0 Å². The summed E-state index contributed by atoms with van der Waals surface area (Å²) in [6, 6.07) is 18.0. The van der Waals surface area contributed by atoms with Gasteiger partial charge in [0, 0.05) is 19.4 Å². The molecule has 0 N–H and O–H groups in total. The first-order valence-corrected chi connectivity index (χ1v) is 9.13. The molecule has 5 heteroatoms. The molecule has 0 fully saturated rings. The molecule has 0 heterocycles. The predicted octanol–water partition coefficient (Wildman–Crippen LogP) is 3.79. The van der Waals surface area contributed by atoms with Crippen molar-refractivity contribution in [1.29, 1.82) is 0 Å². The van der Waals surface area contributed by atoms with Crippen molar-refractivity contribution in [3.63, 3.8) is 0 Å². The minimum absolute atomic E-state index is 0.364. The number of rotatable bonds is 10. The van der Waals surface area contributed by atoms with E-state index in [2.05, 4.69) is 17.3 Å². The van der Waals surface area contributed by atoms with Gasteiger partial charge in [0.2, 0.25) is 0 Å². The Morgan fingerprint density at radius 3 is 2.52 bits per heavy atom. The Labute approximate surface area is 160 Å². The molecular weight excluding hydrogens is 342 g/mol. The third kappa shape index (κ3) is 6.87. The Morgan fingerprint density at radius 1 is 1.07 bits per heavy atom. The largest absolute Gasteiger partial charge is 0.467 e. The highest BCUT2D eigenvalue weighted by atomic mass is 16.6. The monoisotopic (exact) mass is 369 g/mol. The van der Waals surface area contributed by atoms with Crippen LogP contribution in [0.5, 0.6) is 0 Å². The number of nitrogens with zero attached hydrogens (tertiary/aromatic N) is 1. The zero-order valence-corrected chi connectivity index (χ0v) is 16.2. The van der Waals surface area contributed by atoms with Gasteiger partial charge in [-0.2, -0.15) is 0 Å². The SMILES string of the molecule is CCO[C@H](Cc1cccc(/C(C)=N/OCCc2ccccc2)c1)C(=O)OC. The van der Waals surface area contributed by atoms with E-state index < -0.39 is 6.10 Å². The molecule has 0 saturated carbocycles. The van der Waals surface area contributed by atoms with E-state index in [9.17, 15) is 4.79 Å². The highest BCUT2D eigenvalue weighted by Gasteiger charge is 2.20. The molecule has 0 aliphatic rings. The summed E-state index contributed by atoms with van der Waals surface area (Å²) >= 11 is 0. The van der Waals surface area contributed by atoms with Crippen molar-refractivity contribution in [1.82, 2.24) is 0 Å². The molecule has 0 saturated heterocycles. The van der Waals surface area contributed by atoms with Gasteiger partial charge in [-0.25, -0.2) is 4.79 Å². The van der Waals surface area contributed by atoms with Gasteiger partial charge in [0.1, 0.15) is 6.61 Å². The molecule has 5 nitrogen and oxygen atoms in total. The van der Waals surface area contributed by atoms with Crippen molar-refractivity contribution in [3.05, 3.63) is 71.3 Å². The Kier molecular flexibility index (Phi) is 8.52. The molecule has 2 aromatic rings. The van der Waals surface area contributed by atoms with Crippen LogP contribution in [0, 0.1) is 0 Å². The summed E-state index contributed by atoms with van der Waals surface area (Å²) in [5.41, 5.74) is 3.94. The molecule has 0 bridgehead atoms. The highest BCUT2D eigenvalue weighted by Crippen LogP contribution is 2.12. The van der Waals surface area contributed by atoms with Gasteiger partial charge in [0.25, 0.3) is 0 Å². The standard InChI is InChI=1S/C22H27NO4/c1-4-26-21(22(24)25-3)16-19-11-8-12-20(15-19)17(2)23-27-14-13-18-9-6-5-7-10-18/h5-12,15,21H,4,13-14,16H2,1-3H3/b23-17+/t21-/m1/s1. The van der Waals surface area contributed by atoms with Crippen LogP contribution in [0.2, 0.25) is 0 Å². The Bertz CT molecular complexity index is 743. The van der Waals surface area contributed by atoms with Crippen LogP contribution in [-0.2, 0) is 31.9 Å². The van der Waals surface area contributed by atoms with Crippen molar-refractivity contribution in [2.45, 2.75) is 32.8 Å². The molecule has 0 aromatic heterocycles. The lowest BCUT2D eigenvalue weighted by Gasteiger charge is -2.15. The van der Waals surface area contributed by atoms with Crippen LogP contribution in [0.25, 0.3) is 0 Å². The van der Waals surface area contributed by atoms with E-state index in [1.807, 2.05) is 56.3 Å². The maximum absolute atomic E-state index is 11.8.